The number of nitrogens with zero attached hydrogens (tertiary/aromatic N) is 1. The Morgan fingerprint density at radius 3 is 3.00 bits per heavy atom. The van der Waals surface area contributed by atoms with Crippen molar-refractivity contribution in [3.63, 3.8) is 0 Å². The summed E-state index contributed by atoms with van der Waals surface area (Å²) in [6.45, 7) is 3.16. The zero-order chi connectivity index (χ0) is 10.1. The van der Waals surface area contributed by atoms with Crippen LogP contribution < -0.4 is 0 Å². The number of aromatic carboxylic acids is 1. The van der Waals surface area contributed by atoms with E-state index in [2.05, 4.69) is 4.98 Å². The zero-order valence-corrected chi connectivity index (χ0v) is 8.63. The number of carbonyl (C=O) groups is 1. The van der Waals surface area contributed by atoms with E-state index in [1.807, 2.05) is 0 Å². The molecule has 1 N–H and O–H groups in total. The molecule has 0 bridgehead atoms. The number of hydrogen-bond acceptors (Lipinski definition) is 4. The molecule has 1 atom stereocenters. The molecule has 0 spiro atoms. The summed E-state index contributed by atoms with van der Waals surface area (Å²) in [6, 6.07) is 0. The van der Waals surface area contributed by atoms with Crippen molar-refractivity contribution in [1.29, 1.82) is 0 Å². The molecule has 4 nitrogen and oxygen atoms in total. The first-order valence-electron chi connectivity index (χ1n) is 4.47. The standard InChI is InChI=1S/C9H11NO3S/c1-5-7(9(11)12)14-8(10-5)6-2-3-13-4-6/h6H,2-4H2,1H3,(H,11,12). The number of hydrogen-bond donors (Lipinski definition) is 1. The van der Waals surface area contributed by atoms with Crippen LogP contribution in [0.4, 0.5) is 0 Å². The van der Waals surface area contributed by atoms with Crippen molar-refractivity contribution >= 4 is 17.3 Å². The Labute approximate surface area is 85.5 Å². The molecule has 5 heteroatoms. The van der Waals surface area contributed by atoms with Crippen molar-refractivity contribution in [2.24, 2.45) is 0 Å². The highest BCUT2D eigenvalue weighted by Gasteiger charge is 2.23. The first-order valence-corrected chi connectivity index (χ1v) is 5.28. The van der Waals surface area contributed by atoms with Crippen LogP contribution in [-0.2, 0) is 4.74 Å². The van der Waals surface area contributed by atoms with Crippen molar-refractivity contribution in [3.05, 3.63) is 15.6 Å². The van der Waals surface area contributed by atoms with Crippen LogP contribution in [-0.4, -0.2) is 29.3 Å². The predicted octanol–water partition coefficient (Wildman–Crippen LogP) is 1.65. The summed E-state index contributed by atoms with van der Waals surface area (Å²) in [5, 5.41) is 9.76. The van der Waals surface area contributed by atoms with Crippen LogP contribution in [0.25, 0.3) is 0 Å². The van der Waals surface area contributed by atoms with E-state index in [-0.39, 0.29) is 0 Å². The molecule has 2 rings (SSSR count). The number of aromatic nitrogens is 1. The van der Waals surface area contributed by atoms with Crippen molar-refractivity contribution in [1.82, 2.24) is 4.98 Å². The Hall–Kier alpha value is -0.940. The van der Waals surface area contributed by atoms with Gasteiger partial charge < -0.3 is 9.84 Å². The molecule has 0 aliphatic carbocycles. The fraction of sp³-hybridized carbons (Fsp3) is 0.556. The van der Waals surface area contributed by atoms with Crippen LogP contribution in [0, 0.1) is 6.92 Å². The molecule has 0 amide bonds. The number of carboxylic acids is 1. The zero-order valence-electron chi connectivity index (χ0n) is 7.82. The van der Waals surface area contributed by atoms with Gasteiger partial charge in [0.2, 0.25) is 0 Å². The van der Waals surface area contributed by atoms with Gasteiger partial charge in [0, 0.05) is 12.5 Å². The second-order valence-electron chi connectivity index (χ2n) is 3.33. The van der Waals surface area contributed by atoms with Crippen molar-refractivity contribution in [3.8, 4) is 0 Å². The van der Waals surface area contributed by atoms with Crippen LogP contribution in [0.1, 0.15) is 32.7 Å². The smallest absolute Gasteiger partial charge is 0.347 e. The second kappa shape index (κ2) is 3.67. The molecule has 2 heterocycles. The minimum absolute atomic E-state index is 0.298. The summed E-state index contributed by atoms with van der Waals surface area (Å²) in [4.78, 5) is 15.4. The second-order valence-corrected chi connectivity index (χ2v) is 4.36. The Kier molecular flexibility index (Phi) is 2.52. The Bertz CT molecular complexity index is 355. The maximum Gasteiger partial charge on any atom is 0.347 e. The molecule has 1 aliphatic rings. The van der Waals surface area contributed by atoms with Gasteiger partial charge in [0.15, 0.2) is 0 Å². The molecule has 0 aromatic carbocycles. The number of rotatable bonds is 2. The number of carboxylic acid groups (broad SMARTS) is 1. The van der Waals surface area contributed by atoms with Crippen molar-refractivity contribution in [2.75, 3.05) is 13.2 Å². The molecule has 1 saturated heterocycles. The molecule has 1 aromatic rings. The third kappa shape index (κ3) is 1.65. The summed E-state index contributed by atoms with van der Waals surface area (Å²) in [6.07, 6.45) is 0.950. The predicted molar refractivity (Wildman–Crippen MR) is 52.0 cm³/mol. The summed E-state index contributed by atoms with van der Waals surface area (Å²) < 4.78 is 5.24. The highest BCUT2D eigenvalue weighted by molar-refractivity contribution is 7.13. The third-order valence-electron chi connectivity index (χ3n) is 2.29. The summed E-state index contributed by atoms with van der Waals surface area (Å²) in [5.41, 5.74) is 0.615. The van der Waals surface area contributed by atoms with Gasteiger partial charge in [0.1, 0.15) is 4.88 Å². The lowest BCUT2D eigenvalue weighted by molar-refractivity contribution is 0.0701. The largest absolute Gasteiger partial charge is 0.477 e. The van der Waals surface area contributed by atoms with Crippen LogP contribution in [0.2, 0.25) is 0 Å². The lowest BCUT2D eigenvalue weighted by atomic mass is 10.1. The summed E-state index contributed by atoms with van der Waals surface area (Å²) in [5.74, 6) is -0.586. The van der Waals surface area contributed by atoms with Crippen LogP contribution in [0.5, 0.6) is 0 Å². The van der Waals surface area contributed by atoms with E-state index in [9.17, 15) is 4.79 Å². The van der Waals surface area contributed by atoms with E-state index in [0.29, 0.717) is 23.1 Å². The SMILES string of the molecule is Cc1nc(C2CCOC2)sc1C(=O)O. The fourth-order valence-electron chi connectivity index (χ4n) is 1.52. The molecular weight excluding hydrogens is 202 g/mol. The third-order valence-corrected chi connectivity index (χ3v) is 3.59. The first kappa shape index (κ1) is 9.61. The van der Waals surface area contributed by atoms with E-state index in [4.69, 9.17) is 9.84 Å². The van der Waals surface area contributed by atoms with Crippen LogP contribution in [0.3, 0.4) is 0 Å². The quantitative estimate of drug-likeness (QED) is 0.811. The van der Waals surface area contributed by atoms with E-state index >= 15 is 0 Å². The Balaban J connectivity index is 2.27. The first-order chi connectivity index (χ1) is 6.68. The van der Waals surface area contributed by atoms with E-state index in [0.717, 1.165) is 18.0 Å². The van der Waals surface area contributed by atoms with Crippen LogP contribution >= 0.6 is 11.3 Å². The van der Waals surface area contributed by atoms with Crippen molar-refractivity contribution < 1.29 is 14.6 Å². The highest BCUT2D eigenvalue weighted by Crippen LogP contribution is 2.30. The Morgan fingerprint density at radius 2 is 2.50 bits per heavy atom. The highest BCUT2D eigenvalue weighted by atomic mass is 32.1. The maximum atomic E-state index is 10.8. The molecule has 76 valence electrons. The van der Waals surface area contributed by atoms with E-state index in [1.165, 1.54) is 11.3 Å². The average molecular weight is 213 g/mol. The monoisotopic (exact) mass is 213 g/mol. The van der Waals surface area contributed by atoms with E-state index < -0.39 is 5.97 Å². The van der Waals surface area contributed by atoms with Crippen LogP contribution in [0.15, 0.2) is 0 Å². The maximum absolute atomic E-state index is 10.8. The lowest BCUT2D eigenvalue weighted by Crippen LogP contribution is -1.96. The van der Waals surface area contributed by atoms with Gasteiger partial charge in [-0.05, 0) is 13.3 Å². The summed E-state index contributed by atoms with van der Waals surface area (Å²) in [7, 11) is 0. The van der Waals surface area contributed by atoms with Gasteiger partial charge in [0.05, 0.1) is 17.3 Å². The van der Waals surface area contributed by atoms with Gasteiger partial charge in [-0.3, -0.25) is 0 Å². The lowest BCUT2D eigenvalue weighted by Gasteiger charge is -1.99. The molecule has 1 aromatic heterocycles. The van der Waals surface area contributed by atoms with Gasteiger partial charge in [-0.1, -0.05) is 0 Å². The number of ether oxygens (including phenoxy) is 1. The minimum atomic E-state index is -0.884. The number of thiazole rings is 1. The summed E-state index contributed by atoms with van der Waals surface area (Å²) >= 11 is 1.27. The molecular formula is C9H11NO3S. The van der Waals surface area contributed by atoms with Gasteiger partial charge in [0.25, 0.3) is 0 Å². The molecule has 1 unspecified atom stereocenters. The minimum Gasteiger partial charge on any atom is -0.477 e. The van der Waals surface area contributed by atoms with Gasteiger partial charge in [-0.15, -0.1) is 11.3 Å². The molecule has 14 heavy (non-hydrogen) atoms. The number of aryl methyl sites for hydroxylation is 1. The van der Waals surface area contributed by atoms with Gasteiger partial charge in [-0.2, -0.15) is 0 Å². The Morgan fingerprint density at radius 1 is 1.71 bits per heavy atom. The normalized spacial score (nSPS) is 21.4. The fourth-order valence-corrected chi connectivity index (χ4v) is 2.54. The molecule has 1 aliphatic heterocycles. The van der Waals surface area contributed by atoms with Gasteiger partial charge >= 0.3 is 5.97 Å². The van der Waals surface area contributed by atoms with E-state index in [1.54, 1.807) is 6.92 Å². The van der Waals surface area contributed by atoms with Crippen molar-refractivity contribution in [2.45, 2.75) is 19.3 Å². The molecule has 1 fully saturated rings. The van der Waals surface area contributed by atoms with Gasteiger partial charge in [-0.25, -0.2) is 9.78 Å². The average Bonchev–Trinajstić information content (AvgIpc) is 2.70. The molecule has 0 saturated carbocycles. The topological polar surface area (TPSA) is 59.4 Å². The molecule has 0 radical (unpaired) electrons.